The molecule has 1 aliphatic rings. The molecule has 0 aliphatic carbocycles. The second-order valence-corrected chi connectivity index (χ2v) is 6.22. The molecular weight excluding hydrogens is 262 g/mol. The Morgan fingerprint density at radius 1 is 1.38 bits per heavy atom. The Labute approximate surface area is 128 Å². The van der Waals surface area contributed by atoms with Gasteiger partial charge in [0.25, 0.3) is 0 Å². The fourth-order valence-electron chi connectivity index (χ4n) is 3.30. The third-order valence-corrected chi connectivity index (χ3v) is 4.92. The van der Waals surface area contributed by atoms with E-state index in [-0.39, 0.29) is 11.6 Å². The molecule has 1 aromatic carbocycles. The summed E-state index contributed by atoms with van der Waals surface area (Å²) >= 11 is 0. The average molecular weight is 291 g/mol. The van der Waals surface area contributed by atoms with Crippen LogP contribution in [0.2, 0.25) is 0 Å². The van der Waals surface area contributed by atoms with E-state index >= 15 is 0 Å². The lowest BCUT2D eigenvalue weighted by Crippen LogP contribution is -2.63. The summed E-state index contributed by atoms with van der Waals surface area (Å²) in [5.74, 6) is 5.92. The molecule has 1 aliphatic heterocycles. The van der Waals surface area contributed by atoms with Crippen LogP contribution < -0.4 is 11.3 Å². The number of hydrogen-bond acceptors (Lipinski definition) is 4. The third kappa shape index (κ3) is 3.83. The predicted molar refractivity (Wildman–Crippen MR) is 87.1 cm³/mol. The van der Waals surface area contributed by atoms with Crippen molar-refractivity contribution in [1.29, 1.82) is 0 Å². The van der Waals surface area contributed by atoms with Gasteiger partial charge in [0.05, 0.1) is 13.2 Å². The lowest BCUT2D eigenvalue weighted by atomic mass is 9.83. The van der Waals surface area contributed by atoms with E-state index in [1.165, 1.54) is 11.1 Å². The number of benzene rings is 1. The number of hydrazine groups is 1. The van der Waals surface area contributed by atoms with Gasteiger partial charge in [-0.1, -0.05) is 36.8 Å². The Kier molecular flexibility index (Phi) is 5.76. The molecule has 4 heteroatoms. The van der Waals surface area contributed by atoms with Crippen LogP contribution in [0.25, 0.3) is 0 Å². The molecule has 2 unspecified atom stereocenters. The number of hydrogen-bond donors (Lipinski definition) is 2. The summed E-state index contributed by atoms with van der Waals surface area (Å²) in [5, 5.41) is 0. The Bertz CT molecular complexity index is 445. The summed E-state index contributed by atoms with van der Waals surface area (Å²) in [6.45, 7) is 10.3. The molecule has 0 amide bonds. The van der Waals surface area contributed by atoms with Crippen LogP contribution in [0.1, 0.15) is 31.4 Å². The first-order valence-corrected chi connectivity index (χ1v) is 7.94. The van der Waals surface area contributed by atoms with Crippen molar-refractivity contribution in [2.24, 2.45) is 5.84 Å². The Balaban J connectivity index is 2.16. The van der Waals surface area contributed by atoms with E-state index in [0.29, 0.717) is 0 Å². The Hall–Kier alpha value is -0.940. The second-order valence-electron chi connectivity index (χ2n) is 6.22. The van der Waals surface area contributed by atoms with E-state index in [9.17, 15) is 0 Å². The number of nitrogens with one attached hydrogen (secondary N) is 1. The highest BCUT2D eigenvalue weighted by Gasteiger charge is 2.38. The first-order valence-electron chi connectivity index (χ1n) is 7.94. The number of aryl methyl sites for hydroxylation is 1. The van der Waals surface area contributed by atoms with E-state index < -0.39 is 0 Å². The van der Waals surface area contributed by atoms with Crippen molar-refractivity contribution < 1.29 is 4.74 Å². The Morgan fingerprint density at radius 2 is 2.10 bits per heavy atom. The van der Waals surface area contributed by atoms with Gasteiger partial charge in [-0.15, -0.1) is 0 Å². The van der Waals surface area contributed by atoms with Crippen molar-refractivity contribution in [3.63, 3.8) is 0 Å². The molecule has 0 radical (unpaired) electrons. The van der Waals surface area contributed by atoms with E-state index in [1.54, 1.807) is 0 Å². The van der Waals surface area contributed by atoms with Crippen LogP contribution >= 0.6 is 0 Å². The molecule has 0 bridgehead atoms. The quantitative estimate of drug-likeness (QED) is 0.620. The maximum atomic E-state index is 5.92. The number of rotatable bonds is 6. The normalized spacial score (nSPS) is 21.0. The van der Waals surface area contributed by atoms with Gasteiger partial charge in [-0.2, -0.15) is 0 Å². The highest BCUT2D eigenvalue weighted by Crippen LogP contribution is 2.27. The van der Waals surface area contributed by atoms with Gasteiger partial charge >= 0.3 is 0 Å². The van der Waals surface area contributed by atoms with Gasteiger partial charge in [0.1, 0.15) is 0 Å². The molecule has 118 valence electrons. The smallest absolute Gasteiger partial charge is 0.0594 e. The van der Waals surface area contributed by atoms with Crippen molar-refractivity contribution >= 4 is 0 Å². The molecule has 0 saturated carbocycles. The molecule has 2 rings (SSSR count). The fraction of sp³-hybridized carbons (Fsp3) is 0.647. The van der Waals surface area contributed by atoms with E-state index in [4.69, 9.17) is 10.6 Å². The molecule has 4 nitrogen and oxygen atoms in total. The molecule has 3 N–H and O–H groups in total. The number of nitrogens with zero attached hydrogens (tertiary/aromatic N) is 1. The molecule has 1 aromatic rings. The minimum Gasteiger partial charge on any atom is -0.379 e. The predicted octanol–water partition coefficient (Wildman–Crippen LogP) is 1.87. The van der Waals surface area contributed by atoms with Crippen LogP contribution in [0.3, 0.4) is 0 Å². The van der Waals surface area contributed by atoms with Gasteiger partial charge in [0.15, 0.2) is 0 Å². The van der Waals surface area contributed by atoms with E-state index in [1.807, 2.05) is 0 Å². The molecule has 0 spiro atoms. The summed E-state index contributed by atoms with van der Waals surface area (Å²) < 4.78 is 5.49. The summed E-state index contributed by atoms with van der Waals surface area (Å²) in [7, 11) is 0. The number of ether oxygens (including phenoxy) is 1. The van der Waals surface area contributed by atoms with Crippen LogP contribution in [-0.4, -0.2) is 42.8 Å². The van der Waals surface area contributed by atoms with Crippen molar-refractivity contribution in [2.45, 2.75) is 45.2 Å². The maximum absolute atomic E-state index is 5.92. The number of nitrogens with two attached hydrogens (primary N) is 1. The second kappa shape index (κ2) is 7.36. The van der Waals surface area contributed by atoms with Gasteiger partial charge in [-0.3, -0.25) is 16.2 Å². The van der Waals surface area contributed by atoms with Crippen LogP contribution in [0, 0.1) is 6.92 Å². The fourth-order valence-corrected chi connectivity index (χ4v) is 3.30. The van der Waals surface area contributed by atoms with Crippen LogP contribution in [0.5, 0.6) is 0 Å². The highest BCUT2D eigenvalue weighted by atomic mass is 16.5. The highest BCUT2D eigenvalue weighted by molar-refractivity contribution is 5.24. The summed E-state index contributed by atoms with van der Waals surface area (Å²) in [6, 6.07) is 8.92. The minimum atomic E-state index is 0.0439. The summed E-state index contributed by atoms with van der Waals surface area (Å²) in [6.07, 6.45) is 2.01. The number of morpholine rings is 1. The monoisotopic (exact) mass is 291 g/mol. The largest absolute Gasteiger partial charge is 0.379 e. The zero-order chi connectivity index (χ0) is 15.3. The van der Waals surface area contributed by atoms with Crippen molar-refractivity contribution in [2.75, 3.05) is 26.3 Å². The average Bonchev–Trinajstić information content (AvgIpc) is 2.53. The molecule has 2 atom stereocenters. The molecular formula is C17H29N3O. The van der Waals surface area contributed by atoms with Crippen LogP contribution in [0.15, 0.2) is 24.3 Å². The zero-order valence-corrected chi connectivity index (χ0v) is 13.6. The Morgan fingerprint density at radius 3 is 2.67 bits per heavy atom. The molecule has 0 aromatic heterocycles. The topological polar surface area (TPSA) is 50.5 Å². The van der Waals surface area contributed by atoms with Crippen molar-refractivity contribution in [1.82, 2.24) is 10.3 Å². The van der Waals surface area contributed by atoms with E-state index in [0.717, 1.165) is 39.1 Å². The first-order chi connectivity index (χ1) is 10.1. The maximum Gasteiger partial charge on any atom is 0.0594 e. The van der Waals surface area contributed by atoms with Crippen molar-refractivity contribution in [3.05, 3.63) is 35.4 Å². The van der Waals surface area contributed by atoms with Gasteiger partial charge in [-0.25, -0.2) is 0 Å². The lowest BCUT2D eigenvalue weighted by Gasteiger charge is -2.47. The first kappa shape index (κ1) is 16.4. The summed E-state index contributed by atoms with van der Waals surface area (Å²) in [4.78, 5) is 2.52. The SMILES string of the molecule is CCC(C)(C(Cc1cccc(C)c1)NN)N1CCOCC1. The molecule has 21 heavy (non-hydrogen) atoms. The van der Waals surface area contributed by atoms with Gasteiger partial charge in [0, 0.05) is 24.7 Å². The summed E-state index contributed by atoms with van der Waals surface area (Å²) in [5.41, 5.74) is 5.76. The minimum absolute atomic E-state index is 0.0439. The van der Waals surface area contributed by atoms with E-state index in [2.05, 4.69) is 55.4 Å². The molecule has 1 fully saturated rings. The molecule has 1 saturated heterocycles. The van der Waals surface area contributed by atoms with Gasteiger partial charge in [-0.05, 0) is 32.3 Å². The van der Waals surface area contributed by atoms with Crippen LogP contribution in [-0.2, 0) is 11.2 Å². The lowest BCUT2D eigenvalue weighted by molar-refractivity contribution is -0.0322. The van der Waals surface area contributed by atoms with Crippen LogP contribution in [0.4, 0.5) is 0 Å². The van der Waals surface area contributed by atoms with Gasteiger partial charge < -0.3 is 4.74 Å². The standard InChI is InChI=1S/C17H29N3O/c1-4-17(3,20-8-10-21-11-9-20)16(19-18)13-15-7-5-6-14(2)12-15/h5-7,12,16,19H,4,8-11,13,18H2,1-3H3. The van der Waals surface area contributed by atoms with Gasteiger partial charge in [0.2, 0.25) is 0 Å². The third-order valence-electron chi connectivity index (χ3n) is 4.92. The zero-order valence-electron chi connectivity index (χ0n) is 13.6. The van der Waals surface area contributed by atoms with Crippen molar-refractivity contribution in [3.8, 4) is 0 Å². The molecule has 1 heterocycles.